The molecule has 0 fully saturated rings. The highest BCUT2D eigenvalue weighted by Gasteiger charge is 2.24. The number of carbonyl (C=O) groups excluding carboxylic acids is 2. The minimum Gasteiger partial charge on any atom is -0.326 e. The summed E-state index contributed by atoms with van der Waals surface area (Å²) >= 11 is 0. The van der Waals surface area contributed by atoms with Crippen LogP contribution in [0.15, 0.2) is 60.9 Å². The van der Waals surface area contributed by atoms with Crippen molar-refractivity contribution in [2.45, 2.75) is 13.0 Å². The number of benzene rings is 2. The molecule has 2 N–H and O–H groups in total. The van der Waals surface area contributed by atoms with Crippen molar-refractivity contribution in [1.29, 1.82) is 0 Å². The molecule has 2 amide bonds. The van der Waals surface area contributed by atoms with Gasteiger partial charge in [-0.05, 0) is 34.2 Å². The average Bonchev–Trinajstić information content (AvgIpc) is 3.10. The summed E-state index contributed by atoms with van der Waals surface area (Å²) in [7, 11) is 0. The van der Waals surface area contributed by atoms with E-state index in [4.69, 9.17) is 0 Å². The van der Waals surface area contributed by atoms with E-state index in [-0.39, 0.29) is 11.8 Å². The number of nitrogens with one attached hydrogen (secondary N) is 2. The van der Waals surface area contributed by atoms with Gasteiger partial charge in [-0.2, -0.15) is 0 Å². The van der Waals surface area contributed by atoms with Crippen LogP contribution >= 0.6 is 0 Å². The lowest BCUT2D eigenvalue weighted by Gasteiger charge is -2.17. The van der Waals surface area contributed by atoms with E-state index in [0.717, 1.165) is 5.56 Å². The van der Waals surface area contributed by atoms with Gasteiger partial charge < -0.3 is 10.6 Å². The lowest BCUT2D eigenvalue weighted by molar-refractivity contribution is -0.118. The van der Waals surface area contributed by atoms with E-state index in [9.17, 15) is 9.59 Å². The Bertz CT molecular complexity index is 864. The summed E-state index contributed by atoms with van der Waals surface area (Å²) < 4.78 is 1.39. The van der Waals surface area contributed by atoms with E-state index in [1.165, 1.54) is 17.9 Å². The maximum absolute atomic E-state index is 12.8. The second-order valence-corrected chi connectivity index (χ2v) is 5.35. The van der Waals surface area contributed by atoms with E-state index in [0.29, 0.717) is 11.4 Å². The van der Waals surface area contributed by atoms with E-state index < -0.39 is 6.04 Å². The molecule has 2 aromatic carbocycles. The van der Waals surface area contributed by atoms with Crippen molar-refractivity contribution in [2.75, 3.05) is 10.6 Å². The van der Waals surface area contributed by atoms with Gasteiger partial charge in [-0.3, -0.25) is 9.59 Å². The maximum atomic E-state index is 12.8. The van der Waals surface area contributed by atoms with Gasteiger partial charge in [0.25, 0.3) is 5.91 Å². The van der Waals surface area contributed by atoms with Crippen molar-refractivity contribution < 1.29 is 9.59 Å². The number of carbonyl (C=O) groups is 2. The second kappa shape index (κ2) is 7.35. The molecule has 3 rings (SSSR count). The summed E-state index contributed by atoms with van der Waals surface area (Å²) in [6.45, 7) is 1.43. The van der Waals surface area contributed by atoms with Crippen LogP contribution in [-0.2, 0) is 9.59 Å². The minimum absolute atomic E-state index is 0.181. The van der Waals surface area contributed by atoms with Crippen LogP contribution in [0.25, 0.3) is 0 Å². The van der Waals surface area contributed by atoms with Gasteiger partial charge in [0.15, 0.2) is 6.04 Å². The molecule has 8 nitrogen and oxygen atoms in total. The fraction of sp³-hybridized carbons (Fsp3) is 0.118. The quantitative estimate of drug-likeness (QED) is 0.740. The predicted molar refractivity (Wildman–Crippen MR) is 91.8 cm³/mol. The highest BCUT2D eigenvalue weighted by Crippen LogP contribution is 2.21. The van der Waals surface area contributed by atoms with Gasteiger partial charge in [0, 0.05) is 18.3 Å². The van der Waals surface area contributed by atoms with Crippen molar-refractivity contribution in [2.24, 2.45) is 0 Å². The first kappa shape index (κ1) is 16.3. The second-order valence-electron chi connectivity index (χ2n) is 5.35. The fourth-order valence-electron chi connectivity index (χ4n) is 2.43. The molecule has 1 aromatic heterocycles. The molecular formula is C17H16N6O2. The molecule has 0 unspecified atom stereocenters. The number of anilines is 2. The number of amides is 2. The number of hydrogen-bond donors (Lipinski definition) is 2. The first-order chi connectivity index (χ1) is 12.1. The number of tetrazole rings is 1. The molecule has 0 spiro atoms. The SMILES string of the molecule is CC(=O)Nc1cccc(NC(=O)[C@@H](c2ccccc2)n2cnnn2)c1. The van der Waals surface area contributed by atoms with Crippen LogP contribution in [-0.4, -0.2) is 32.0 Å². The highest BCUT2D eigenvalue weighted by atomic mass is 16.2. The first-order valence-electron chi connectivity index (χ1n) is 7.59. The molecule has 0 aliphatic heterocycles. The largest absolute Gasteiger partial charge is 0.326 e. The molecule has 0 saturated carbocycles. The normalized spacial score (nSPS) is 11.6. The van der Waals surface area contributed by atoms with Crippen molar-refractivity contribution >= 4 is 23.2 Å². The van der Waals surface area contributed by atoms with Gasteiger partial charge >= 0.3 is 0 Å². The number of nitrogens with zero attached hydrogens (tertiary/aromatic N) is 4. The molecule has 3 aromatic rings. The van der Waals surface area contributed by atoms with Gasteiger partial charge in [0.05, 0.1) is 0 Å². The first-order valence-corrected chi connectivity index (χ1v) is 7.59. The van der Waals surface area contributed by atoms with Crippen LogP contribution in [0.3, 0.4) is 0 Å². The molecule has 0 saturated heterocycles. The molecule has 0 radical (unpaired) electrons. The van der Waals surface area contributed by atoms with E-state index >= 15 is 0 Å². The summed E-state index contributed by atoms with van der Waals surface area (Å²) in [5.41, 5.74) is 1.92. The number of aromatic nitrogens is 4. The lowest BCUT2D eigenvalue weighted by Crippen LogP contribution is -2.27. The van der Waals surface area contributed by atoms with Gasteiger partial charge in [-0.25, -0.2) is 4.68 Å². The summed E-state index contributed by atoms with van der Waals surface area (Å²) in [5, 5.41) is 16.6. The van der Waals surface area contributed by atoms with Gasteiger partial charge in [-0.1, -0.05) is 36.4 Å². The smallest absolute Gasteiger partial charge is 0.253 e. The Morgan fingerprint density at radius 2 is 1.72 bits per heavy atom. The van der Waals surface area contributed by atoms with Crippen LogP contribution in [0.4, 0.5) is 11.4 Å². The van der Waals surface area contributed by atoms with Crippen LogP contribution in [0.5, 0.6) is 0 Å². The number of hydrogen-bond acceptors (Lipinski definition) is 5. The fourth-order valence-corrected chi connectivity index (χ4v) is 2.43. The van der Waals surface area contributed by atoms with Crippen LogP contribution in [0.2, 0.25) is 0 Å². The van der Waals surface area contributed by atoms with E-state index in [1.54, 1.807) is 24.3 Å². The van der Waals surface area contributed by atoms with Crippen molar-refractivity contribution in [3.8, 4) is 0 Å². The third-order valence-electron chi connectivity index (χ3n) is 3.44. The molecule has 8 heteroatoms. The maximum Gasteiger partial charge on any atom is 0.253 e. The summed E-state index contributed by atoms with van der Waals surface area (Å²) in [6.07, 6.45) is 1.39. The Morgan fingerprint density at radius 1 is 1.00 bits per heavy atom. The Kier molecular flexibility index (Phi) is 4.79. The Balaban J connectivity index is 1.85. The molecule has 0 aliphatic carbocycles. The molecule has 0 bridgehead atoms. The van der Waals surface area contributed by atoms with Gasteiger partial charge in [0.2, 0.25) is 5.91 Å². The lowest BCUT2D eigenvalue weighted by atomic mass is 10.1. The van der Waals surface area contributed by atoms with Crippen LogP contribution in [0, 0.1) is 0 Å². The third kappa shape index (κ3) is 4.05. The molecular weight excluding hydrogens is 320 g/mol. The molecule has 25 heavy (non-hydrogen) atoms. The molecule has 0 aliphatic rings. The number of rotatable bonds is 5. The molecule has 1 heterocycles. The topological polar surface area (TPSA) is 102 Å². The zero-order chi connectivity index (χ0) is 17.6. The summed E-state index contributed by atoms with van der Waals surface area (Å²) in [4.78, 5) is 24.0. The van der Waals surface area contributed by atoms with Gasteiger partial charge in [-0.15, -0.1) is 5.10 Å². The van der Waals surface area contributed by atoms with Crippen LogP contribution < -0.4 is 10.6 Å². The Morgan fingerprint density at radius 3 is 2.36 bits per heavy atom. The van der Waals surface area contributed by atoms with Crippen molar-refractivity contribution in [3.05, 3.63) is 66.5 Å². The van der Waals surface area contributed by atoms with Crippen LogP contribution in [0.1, 0.15) is 18.5 Å². The summed E-state index contributed by atoms with van der Waals surface area (Å²) in [6, 6.07) is 15.4. The Labute approximate surface area is 143 Å². The average molecular weight is 336 g/mol. The van der Waals surface area contributed by atoms with Gasteiger partial charge in [0.1, 0.15) is 6.33 Å². The van der Waals surface area contributed by atoms with E-state index in [2.05, 4.69) is 26.2 Å². The monoisotopic (exact) mass is 336 g/mol. The standard InChI is InChI=1S/C17H16N6O2/c1-12(24)19-14-8-5-9-15(10-14)20-17(25)16(23-11-18-21-22-23)13-6-3-2-4-7-13/h2-11,16H,1H3,(H,19,24)(H,20,25)/t16-/m1/s1. The molecule has 126 valence electrons. The van der Waals surface area contributed by atoms with Crippen molar-refractivity contribution in [3.63, 3.8) is 0 Å². The zero-order valence-corrected chi connectivity index (χ0v) is 13.5. The van der Waals surface area contributed by atoms with Crippen molar-refractivity contribution in [1.82, 2.24) is 20.2 Å². The zero-order valence-electron chi connectivity index (χ0n) is 13.5. The Hall–Kier alpha value is -3.55. The minimum atomic E-state index is -0.708. The highest BCUT2D eigenvalue weighted by molar-refractivity contribution is 5.96. The third-order valence-corrected chi connectivity index (χ3v) is 3.44. The predicted octanol–water partition coefficient (Wildman–Crippen LogP) is 1.86. The van der Waals surface area contributed by atoms with E-state index in [1.807, 2.05) is 30.3 Å². The summed E-state index contributed by atoms with van der Waals surface area (Å²) in [5.74, 6) is -0.474. The molecule has 1 atom stereocenters.